The first-order valence-corrected chi connectivity index (χ1v) is 11.4. The van der Waals surface area contributed by atoms with Crippen molar-refractivity contribution in [3.05, 3.63) is 95.2 Å². The quantitative estimate of drug-likeness (QED) is 0.342. The molecule has 7 nitrogen and oxygen atoms in total. The zero-order valence-electron chi connectivity index (χ0n) is 20.1. The van der Waals surface area contributed by atoms with Crippen molar-refractivity contribution >= 4 is 22.7 Å². The van der Waals surface area contributed by atoms with Gasteiger partial charge in [-0.05, 0) is 36.8 Å². The molecule has 180 valence electrons. The Bertz CT molecular complexity index is 1350. The van der Waals surface area contributed by atoms with Crippen LogP contribution in [0.3, 0.4) is 0 Å². The van der Waals surface area contributed by atoms with Crippen molar-refractivity contribution in [1.82, 2.24) is 15.6 Å². The smallest absolute Gasteiger partial charge is 0.251 e. The number of fused-ring (bicyclic) bond motifs is 1. The number of hydrogen-bond acceptors (Lipinski definition) is 4. The molecule has 1 heterocycles. The minimum atomic E-state index is -0.286. The van der Waals surface area contributed by atoms with Gasteiger partial charge in [-0.25, -0.2) is 0 Å². The number of nitrogens with one attached hydrogen (secondary N) is 3. The molecule has 0 aliphatic carbocycles. The number of rotatable bonds is 9. The lowest BCUT2D eigenvalue weighted by Crippen LogP contribution is -2.38. The Morgan fingerprint density at radius 1 is 0.914 bits per heavy atom. The van der Waals surface area contributed by atoms with E-state index in [0.29, 0.717) is 23.6 Å². The van der Waals surface area contributed by atoms with Gasteiger partial charge in [0.2, 0.25) is 5.91 Å². The molecular formula is C28H29N3O4. The van der Waals surface area contributed by atoms with Gasteiger partial charge in [0.15, 0.2) is 11.5 Å². The number of aromatic nitrogens is 1. The molecule has 1 aromatic heterocycles. The normalized spacial score (nSPS) is 11.6. The fourth-order valence-electron chi connectivity index (χ4n) is 4.28. The molecule has 4 aromatic rings. The van der Waals surface area contributed by atoms with E-state index in [1.807, 2.05) is 67.7 Å². The van der Waals surface area contributed by atoms with Crippen LogP contribution < -0.4 is 20.1 Å². The zero-order valence-corrected chi connectivity index (χ0v) is 20.1. The van der Waals surface area contributed by atoms with Gasteiger partial charge in [0.25, 0.3) is 5.91 Å². The molecule has 0 aliphatic rings. The van der Waals surface area contributed by atoms with E-state index >= 15 is 0 Å². The van der Waals surface area contributed by atoms with Gasteiger partial charge in [-0.1, -0.05) is 48.0 Å². The predicted octanol–water partition coefficient (Wildman–Crippen LogP) is 4.17. The molecular weight excluding hydrogens is 442 g/mol. The number of aryl methyl sites for hydroxylation is 1. The van der Waals surface area contributed by atoms with Crippen molar-refractivity contribution in [2.24, 2.45) is 0 Å². The zero-order chi connectivity index (χ0) is 24.8. The summed E-state index contributed by atoms with van der Waals surface area (Å²) < 4.78 is 11.2. The molecule has 0 saturated carbocycles. The first kappa shape index (κ1) is 23.9. The van der Waals surface area contributed by atoms with Crippen molar-refractivity contribution in [3.8, 4) is 11.5 Å². The van der Waals surface area contributed by atoms with E-state index in [1.54, 1.807) is 26.4 Å². The molecule has 3 aromatic carbocycles. The fraction of sp³-hybridized carbons (Fsp3) is 0.214. The van der Waals surface area contributed by atoms with Crippen molar-refractivity contribution in [1.29, 1.82) is 0 Å². The van der Waals surface area contributed by atoms with Gasteiger partial charge in [0, 0.05) is 40.7 Å². The topological polar surface area (TPSA) is 92.5 Å². The van der Waals surface area contributed by atoms with E-state index in [9.17, 15) is 9.59 Å². The molecule has 0 spiro atoms. The second-order valence-corrected chi connectivity index (χ2v) is 8.28. The predicted molar refractivity (Wildman–Crippen MR) is 136 cm³/mol. The lowest BCUT2D eigenvalue weighted by Gasteiger charge is -2.22. The van der Waals surface area contributed by atoms with Crippen LogP contribution in [0, 0.1) is 6.92 Å². The summed E-state index contributed by atoms with van der Waals surface area (Å²) in [5.74, 6) is 0.454. The maximum Gasteiger partial charge on any atom is 0.251 e. The van der Waals surface area contributed by atoms with Crippen LogP contribution in [0.25, 0.3) is 10.9 Å². The summed E-state index contributed by atoms with van der Waals surface area (Å²) in [5.41, 5.74) is 4.43. The van der Waals surface area contributed by atoms with Crippen LogP contribution in [-0.2, 0) is 4.79 Å². The number of ether oxygens (including phenoxy) is 2. The summed E-state index contributed by atoms with van der Waals surface area (Å²) in [6.45, 7) is 2.11. The molecule has 0 radical (unpaired) electrons. The number of amides is 2. The first-order valence-electron chi connectivity index (χ1n) is 11.4. The van der Waals surface area contributed by atoms with E-state index in [2.05, 4.69) is 15.6 Å². The molecule has 3 N–H and O–H groups in total. The minimum Gasteiger partial charge on any atom is -0.493 e. The second-order valence-electron chi connectivity index (χ2n) is 8.28. The largest absolute Gasteiger partial charge is 0.493 e. The Morgan fingerprint density at radius 2 is 1.71 bits per heavy atom. The van der Waals surface area contributed by atoms with Crippen molar-refractivity contribution in [3.63, 3.8) is 0 Å². The Morgan fingerprint density at radius 3 is 2.49 bits per heavy atom. The second kappa shape index (κ2) is 10.8. The molecule has 0 fully saturated rings. The summed E-state index contributed by atoms with van der Waals surface area (Å²) >= 11 is 0. The number of hydrogen-bond donors (Lipinski definition) is 3. The maximum atomic E-state index is 12.7. The highest BCUT2D eigenvalue weighted by Crippen LogP contribution is 2.40. The number of para-hydroxylation sites is 2. The third kappa shape index (κ3) is 5.30. The Labute approximate surface area is 204 Å². The van der Waals surface area contributed by atoms with Gasteiger partial charge in [-0.15, -0.1) is 0 Å². The Kier molecular flexibility index (Phi) is 7.35. The van der Waals surface area contributed by atoms with Crippen LogP contribution in [0.5, 0.6) is 11.5 Å². The van der Waals surface area contributed by atoms with E-state index in [4.69, 9.17) is 9.47 Å². The Balaban J connectivity index is 1.55. The molecule has 1 unspecified atom stereocenters. The van der Waals surface area contributed by atoms with Crippen molar-refractivity contribution in [2.75, 3.05) is 27.3 Å². The van der Waals surface area contributed by atoms with E-state index < -0.39 is 0 Å². The van der Waals surface area contributed by atoms with E-state index in [1.165, 1.54) is 0 Å². The number of methoxy groups -OCH3 is 2. The highest BCUT2D eigenvalue weighted by Gasteiger charge is 2.24. The summed E-state index contributed by atoms with van der Waals surface area (Å²) in [6, 6.07) is 21.0. The van der Waals surface area contributed by atoms with Gasteiger partial charge in [0.1, 0.15) is 0 Å². The third-order valence-electron chi connectivity index (χ3n) is 6.00. The summed E-state index contributed by atoms with van der Waals surface area (Å²) in [6.07, 6.45) is 1.96. The van der Waals surface area contributed by atoms with Crippen LogP contribution in [-0.4, -0.2) is 44.1 Å². The maximum absolute atomic E-state index is 12.7. The van der Waals surface area contributed by atoms with Crippen LogP contribution in [0.15, 0.2) is 72.9 Å². The fourth-order valence-corrected chi connectivity index (χ4v) is 4.28. The van der Waals surface area contributed by atoms with Crippen LogP contribution in [0.4, 0.5) is 0 Å². The standard InChI is InChI=1S/C28H29N3O4/c1-18-8-6-9-19(14-18)28(33)31-17-26(32)30-16-23(21-11-7-13-25(34-2)27(21)35-3)22-15-29-24-12-5-4-10-20(22)24/h4-15,23,29H,16-17H2,1-3H3,(H,30,32)(H,31,33). The number of carbonyl (C=O) groups is 2. The molecule has 7 heteroatoms. The van der Waals surface area contributed by atoms with Crippen LogP contribution >= 0.6 is 0 Å². The van der Waals surface area contributed by atoms with E-state index in [-0.39, 0.29) is 24.3 Å². The third-order valence-corrected chi connectivity index (χ3v) is 6.00. The summed E-state index contributed by atoms with van der Waals surface area (Å²) in [5, 5.41) is 6.73. The molecule has 0 aliphatic heterocycles. The molecule has 1 atom stereocenters. The van der Waals surface area contributed by atoms with Gasteiger partial charge in [-0.2, -0.15) is 0 Å². The molecule has 0 saturated heterocycles. The summed E-state index contributed by atoms with van der Waals surface area (Å²) in [4.78, 5) is 28.4. The van der Waals surface area contributed by atoms with Gasteiger partial charge in [0.05, 0.1) is 20.8 Å². The van der Waals surface area contributed by atoms with Gasteiger partial charge in [-0.3, -0.25) is 9.59 Å². The number of aromatic amines is 1. The molecule has 0 bridgehead atoms. The van der Waals surface area contributed by atoms with Gasteiger partial charge < -0.3 is 25.1 Å². The highest BCUT2D eigenvalue weighted by molar-refractivity contribution is 5.96. The van der Waals surface area contributed by atoms with E-state index in [0.717, 1.165) is 27.6 Å². The average molecular weight is 472 g/mol. The molecule has 4 rings (SSSR count). The van der Waals surface area contributed by atoms with Crippen molar-refractivity contribution < 1.29 is 19.1 Å². The lowest BCUT2D eigenvalue weighted by atomic mass is 9.90. The lowest BCUT2D eigenvalue weighted by molar-refractivity contribution is -0.120. The number of H-pyrrole nitrogens is 1. The first-order chi connectivity index (χ1) is 17.0. The van der Waals surface area contributed by atoms with Crippen LogP contribution in [0.2, 0.25) is 0 Å². The van der Waals surface area contributed by atoms with Gasteiger partial charge >= 0.3 is 0 Å². The average Bonchev–Trinajstić information content (AvgIpc) is 3.31. The number of benzene rings is 3. The molecule has 35 heavy (non-hydrogen) atoms. The highest BCUT2D eigenvalue weighted by atomic mass is 16.5. The summed E-state index contributed by atoms with van der Waals surface area (Å²) in [7, 11) is 3.20. The Hall–Kier alpha value is -4.26. The number of carbonyl (C=O) groups excluding carboxylic acids is 2. The SMILES string of the molecule is COc1cccc(C(CNC(=O)CNC(=O)c2cccc(C)c2)c2c[nH]c3ccccc23)c1OC. The molecule has 2 amide bonds. The minimum absolute atomic E-state index is 0.122. The monoisotopic (exact) mass is 471 g/mol. The van der Waals surface area contributed by atoms with Crippen LogP contribution in [0.1, 0.15) is 33.0 Å². The van der Waals surface area contributed by atoms with Crippen molar-refractivity contribution in [2.45, 2.75) is 12.8 Å².